The molecule has 8 nitrogen and oxygen atoms in total. The molecule has 1 amide bonds. The van der Waals surface area contributed by atoms with Gasteiger partial charge in [-0.2, -0.15) is 5.10 Å². The van der Waals surface area contributed by atoms with E-state index >= 15 is 0 Å². The van der Waals surface area contributed by atoms with Crippen molar-refractivity contribution >= 4 is 11.6 Å². The van der Waals surface area contributed by atoms with Gasteiger partial charge >= 0.3 is 0 Å². The number of carbonyl (C=O) groups is 1. The van der Waals surface area contributed by atoms with Crippen LogP contribution in [0, 0.1) is 22.9 Å². The Morgan fingerprint density at radius 3 is 2.79 bits per heavy atom. The third-order valence-corrected chi connectivity index (χ3v) is 3.68. The van der Waals surface area contributed by atoms with Crippen molar-refractivity contribution in [3.63, 3.8) is 0 Å². The highest BCUT2D eigenvalue weighted by Gasteiger charge is 2.27. The van der Waals surface area contributed by atoms with Crippen LogP contribution in [0.5, 0.6) is 11.6 Å². The summed E-state index contributed by atoms with van der Waals surface area (Å²) < 4.78 is 20.8. The lowest BCUT2D eigenvalue weighted by molar-refractivity contribution is -0.385. The molecule has 1 saturated carbocycles. The van der Waals surface area contributed by atoms with E-state index in [9.17, 15) is 19.3 Å². The first-order valence-electron chi connectivity index (χ1n) is 7.33. The molecule has 1 aromatic carbocycles. The molecular weight excluding hydrogens is 319 g/mol. The number of halogens is 1. The number of nitro groups is 1. The van der Waals surface area contributed by atoms with Gasteiger partial charge in [0.05, 0.1) is 11.0 Å². The number of amides is 1. The van der Waals surface area contributed by atoms with Crippen molar-refractivity contribution < 1.29 is 18.8 Å². The Labute approximate surface area is 136 Å². The lowest BCUT2D eigenvalue weighted by Gasteiger charge is -2.07. The van der Waals surface area contributed by atoms with Crippen LogP contribution in [0.25, 0.3) is 0 Å². The number of hydrogen-bond donors (Lipinski definition) is 1. The topological polar surface area (TPSA) is 99.3 Å². The van der Waals surface area contributed by atoms with Crippen LogP contribution >= 0.6 is 0 Å². The van der Waals surface area contributed by atoms with Gasteiger partial charge in [0.15, 0.2) is 17.3 Å². The number of nitro benzene ring substituents is 1. The maximum absolute atomic E-state index is 14.0. The number of non-ortho nitro benzene ring substituents is 1. The smallest absolute Gasteiger partial charge is 0.272 e. The summed E-state index contributed by atoms with van der Waals surface area (Å²) in [6.45, 7) is 1.65. The maximum atomic E-state index is 14.0. The molecule has 1 aromatic heterocycles. The highest BCUT2D eigenvalue weighted by molar-refractivity contribution is 5.94. The zero-order valence-corrected chi connectivity index (χ0v) is 13.1. The van der Waals surface area contributed by atoms with E-state index < -0.39 is 10.7 Å². The summed E-state index contributed by atoms with van der Waals surface area (Å²) in [6, 6.07) is 3.28. The predicted octanol–water partition coefficient (Wildman–Crippen LogP) is 2.46. The molecule has 1 aliphatic carbocycles. The van der Waals surface area contributed by atoms with Gasteiger partial charge in [-0.1, -0.05) is 0 Å². The highest BCUT2D eigenvalue weighted by Crippen LogP contribution is 2.30. The fraction of sp³-hybridized carbons (Fsp3) is 0.333. The van der Waals surface area contributed by atoms with Crippen molar-refractivity contribution in [1.29, 1.82) is 0 Å². The van der Waals surface area contributed by atoms with Crippen LogP contribution in [0.4, 0.5) is 10.1 Å². The largest absolute Gasteiger partial charge is 0.436 e. The molecule has 1 fully saturated rings. The molecule has 2 aromatic rings. The summed E-state index contributed by atoms with van der Waals surface area (Å²) in [6.07, 6.45) is 1.91. The Balaban J connectivity index is 1.86. The van der Waals surface area contributed by atoms with Gasteiger partial charge in [-0.3, -0.25) is 14.9 Å². The zero-order valence-electron chi connectivity index (χ0n) is 13.1. The summed E-state index contributed by atoms with van der Waals surface area (Å²) >= 11 is 0. The standard InChI is InChI=1S/C15H15FN4O4/c1-8-13(14(21)17-9-3-4-9)18-19(2)15(8)24-12-6-5-10(20(22)23)7-11(12)16/h5-7,9H,3-4H2,1-2H3,(H,17,21). The van der Waals surface area contributed by atoms with E-state index in [1.54, 1.807) is 14.0 Å². The van der Waals surface area contributed by atoms with E-state index in [0.717, 1.165) is 25.0 Å². The lowest BCUT2D eigenvalue weighted by atomic mass is 10.2. The normalized spacial score (nSPS) is 13.6. The van der Waals surface area contributed by atoms with Crippen LogP contribution in [-0.4, -0.2) is 26.7 Å². The van der Waals surface area contributed by atoms with E-state index in [2.05, 4.69) is 10.4 Å². The Morgan fingerprint density at radius 1 is 1.50 bits per heavy atom. The number of benzene rings is 1. The van der Waals surface area contributed by atoms with Crippen molar-refractivity contribution in [3.05, 3.63) is 45.4 Å². The van der Waals surface area contributed by atoms with E-state index in [4.69, 9.17) is 4.74 Å². The van der Waals surface area contributed by atoms with Crippen molar-refractivity contribution in [2.45, 2.75) is 25.8 Å². The van der Waals surface area contributed by atoms with Crippen LogP contribution in [0.15, 0.2) is 18.2 Å². The number of nitrogens with one attached hydrogen (secondary N) is 1. The van der Waals surface area contributed by atoms with Crippen LogP contribution in [0.1, 0.15) is 28.9 Å². The number of aromatic nitrogens is 2. The Bertz CT molecular complexity index is 829. The van der Waals surface area contributed by atoms with E-state index in [1.807, 2.05) is 0 Å². The monoisotopic (exact) mass is 334 g/mol. The fourth-order valence-corrected chi connectivity index (χ4v) is 2.24. The minimum atomic E-state index is -0.867. The third kappa shape index (κ3) is 3.05. The first kappa shape index (κ1) is 15.9. The molecule has 1 aliphatic rings. The molecule has 0 aliphatic heterocycles. The van der Waals surface area contributed by atoms with Gasteiger partial charge in [0.1, 0.15) is 0 Å². The minimum absolute atomic E-state index is 0.180. The van der Waals surface area contributed by atoms with Gasteiger partial charge in [-0.15, -0.1) is 0 Å². The molecule has 0 unspecified atom stereocenters. The number of aryl methyl sites for hydroxylation is 1. The molecule has 9 heteroatoms. The lowest BCUT2D eigenvalue weighted by Crippen LogP contribution is -2.26. The number of rotatable bonds is 5. The summed E-state index contributed by atoms with van der Waals surface area (Å²) in [7, 11) is 1.57. The maximum Gasteiger partial charge on any atom is 0.272 e. The van der Waals surface area contributed by atoms with Crippen LogP contribution < -0.4 is 10.1 Å². The Kier molecular flexibility index (Phi) is 3.92. The SMILES string of the molecule is Cc1c(C(=O)NC2CC2)nn(C)c1Oc1ccc([N+](=O)[O-])cc1F. The van der Waals surface area contributed by atoms with E-state index in [0.29, 0.717) is 5.56 Å². The van der Waals surface area contributed by atoms with Gasteiger partial charge in [-0.25, -0.2) is 9.07 Å². The molecule has 24 heavy (non-hydrogen) atoms. The first-order chi connectivity index (χ1) is 11.4. The van der Waals surface area contributed by atoms with E-state index in [-0.39, 0.29) is 35.0 Å². The number of hydrogen-bond acceptors (Lipinski definition) is 5. The van der Waals surface area contributed by atoms with Crippen molar-refractivity contribution in [3.8, 4) is 11.6 Å². The quantitative estimate of drug-likeness (QED) is 0.669. The zero-order chi connectivity index (χ0) is 17.4. The molecule has 0 spiro atoms. The molecule has 0 radical (unpaired) electrons. The minimum Gasteiger partial charge on any atom is -0.436 e. The molecule has 0 saturated heterocycles. The second-order valence-electron chi connectivity index (χ2n) is 5.62. The summed E-state index contributed by atoms with van der Waals surface area (Å²) in [5, 5.41) is 17.6. The van der Waals surface area contributed by atoms with Crippen molar-refractivity contribution in [2.75, 3.05) is 0 Å². The van der Waals surface area contributed by atoms with Gasteiger partial charge in [0.25, 0.3) is 11.6 Å². The van der Waals surface area contributed by atoms with E-state index in [1.165, 1.54) is 10.7 Å². The van der Waals surface area contributed by atoms with Crippen LogP contribution in [-0.2, 0) is 7.05 Å². The molecule has 0 bridgehead atoms. The van der Waals surface area contributed by atoms with Crippen LogP contribution in [0.2, 0.25) is 0 Å². The number of carbonyl (C=O) groups excluding carboxylic acids is 1. The summed E-state index contributed by atoms with van der Waals surface area (Å²) in [5.74, 6) is -1.15. The third-order valence-electron chi connectivity index (χ3n) is 3.68. The average molecular weight is 334 g/mol. The first-order valence-corrected chi connectivity index (χ1v) is 7.33. The Hall–Kier alpha value is -2.97. The fourth-order valence-electron chi connectivity index (χ4n) is 2.24. The second-order valence-corrected chi connectivity index (χ2v) is 5.62. The van der Waals surface area contributed by atoms with Gasteiger partial charge < -0.3 is 10.1 Å². The Morgan fingerprint density at radius 2 is 2.21 bits per heavy atom. The van der Waals surface area contributed by atoms with Crippen LogP contribution in [0.3, 0.4) is 0 Å². The summed E-state index contributed by atoms with van der Waals surface area (Å²) in [5.41, 5.74) is 0.307. The predicted molar refractivity (Wildman–Crippen MR) is 81.6 cm³/mol. The van der Waals surface area contributed by atoms with Gasteiger partial charge in [0.2, 0.25) is 5.88 Å². The second kappa shape index (κ2) is 5.91. The molecule has 1 N–H and O–H groups in total. The van der Waals surface area contributed by atoms with Crippen molar-refractivity contribution in [1.82, 2.24) is 15.1 Å². The molecular formula is C15H15FN4O4. The number of ether oxygens (including phenoxy) is 1. The average Bonchev–Trinajstić information content (AvgIpc) is 3.29. The molecule has 126 valence electrons. The highest BCUT2D eigenvalue weighted by atomic mass is 19.1. The molecule has 1 heterocycles. The van der Waals surface area contributed by atoms with Crippen molar-refractivity contribution in [2.24, 2.45) is 7.05 Å². The number of nitrogens with zero attached hydrogens (tertiary/aromatic N) is 3. The summed E-state index contributed by atoms with van der Waals surface area (Å²) in [4.78, 5) is 22.1. The molecule has 0 atom stereocenters. The van der Waals surface area contributed by atoms with Gasteiger partial charge in [0, 0.05) is 24.7 Å². The van der Waals surface area contributed by atoms with Gasteiger partial charge in [-0.05, 0) is 25.8 Å². The molecule has 3 rings (SSSR count).